The molecule has 6 aromatic carbocycles. The summed E-state index contributed by atoms with van der Waals surface area (Å²) < 4.78 is 28.8. The number of carbonyl (C=O) groups is 2. The molecular weight excluding hydrogens is 727 g/mol. The summed E-state index contributed by atoms with van der Waals surface area (Å²) in [5.74, 6) is -0.906. The molecular formula is C45H42NO5P3. The van der Waals surface area contributed by atoms with Crippen LogP contribution in [0, 0.1) is 0 Å². The SMILES string of the molecule is COC(=O)c1ccc(P(=O)(c2ccc(C(=O)OC)cc2)N2C[C@@H](P(c3ccccc3)c3ccccc3)C[C@H]2CP(c2ccccc2)c2ccccc2)cc1. The summed E-state index contributed by atoms with van der Waals surface area (Å²) in [6.07, 6.45) is 1.65. The van der Waals surface area contributed by atoms with E-state index in [9.17, 15) is 9.59 Å². The first kappa shape index (κ1) is 37.6. The Kier molecular flexibility index (Phi) is 12.0. The summed E-state index contributed by atoms with van der Waals surface area (Å²) in [5.41, 5.74) is 0.964. The van der Waals surface area contributed by atoms with E-state index < -0.39 is 35.1 Å². The highest BCUT2D eigenvalue weighted by molar-refractivity contribution is 7.77. The van der Waals surface area contributed by atoms with Crippen molar-refractivity contribution in [2.45, 2.75) is 18.1 Å². The maximum Gasteiger partial charge on any atom is 0.337 e. The minimum Gasteiger partial charge on any atom is -0.465 e. The minimum atomic E-state index is -3.59. The molecule has 6 nitrogen and oxygen atoms in total. The molecule has 0 aliphatic carbocycles. The zero-order chi connectivity index (χ0) is 37.5. The van der Waals surface area contributed by atoms with E-state index in [1.54, 1.807) is 48.5 Å². The Morgan fingerprint density at radius 1 is 0.574 bits per heavy atom. The molecule has 1 aliphatic rings. The predicted molar refractivity (Wildman–Crippen MR) is 224 cm³/mol. The Labute approximate surface area is 320 Å². The van der Waals surface area contributed by atoms with Gasteiger partial charge in [0.2, 0.25) is 7.29 Å². The summed E-state index contributed by atoms with van der Waals surface area (Å²) in [5, 5.41) is 6.37. The van der Waals surface area contributed by atoms with Gasteiger partial charge >= 0.3 is 11.9 Å². The number of methoxy groups -OCH3 is 2. The molecule has 1 heterocycles. The smallest absolute Gasteiger partial charge is 0.337 e. The second kappa shape index (κ2) is 17.2. The fourth-order valence-electron chi connectivity index (χ4n) is 7.39. The van der Waals surface area contributed by atoms with Crippen LogP contribution in [0.25, 0.3) is 0 Å². The van der Waals surface area contributed by atoms with Gasteiger partial charge in [-0.2, -0.15) is 0 Å². The molecule has 9 heteroatoms. The van der Waals surface area contributed by atoms with Gasteiger partial charge in [-0.05, 0) is 98.2 Å². The van der Waals surface area contributed by atoms with E-state index in [-0.39, 0.29) is 11.7 Å². The summed E-state index contributed by atoms with van der Waals surface area (Å²) in [4.78, 5) is 25.0. The van der Waals surface area contributed by atoms with Crippen molar-refractivity contribution in [1.29, 1.82) is 0 Å². The van der Waals surface area contributed by atoms with Gasteiger partial charge in [0.15, 0.2) is 0 Å². The van der Waals surface area contributed by atoms with E-state index in [4.69, 9.17) is 9.47 Å². The maximum atomic E-state index is 16.5. The molecule has 0 saturated carbocycles. The van der Waals surface area contributed by atoms with Gasteiger partial charge in [-0.3, -0.25) is 4.57 Å². The lowest BCUT2D eigenvalue weighted by atomic mass is 10.2. The van der Waals surface area contributed by atoms with E-state index in [1.807, 2.05) is 0 Å². The van der Waals surface area contributed by atoms with Crippen LogP contribution in [0.5, 0.6) is 0 Å². The standard InChI is InChI=1S/C45H42NO5P3/c1-50-44(47)34-23-27-42(28-24-34)54(49,43-29-25-35(26-30-43)45(48)51-2)46-32-41(53(39-19-11-5-12-20-39)40-21-13-6-14-22-40)31-36(46)33-52(37-15-7-3-8-16-37)38-17-9-4-10-18-38/h3-30,36,41H,31-33H2,1-2H3/t36-,41-/m0/s1. The quantitative estimate of drug-likeness (QED) is 0.0970. The Bertz CT molecular complexity index is 2060. The molecule has 1 aliphatic heterocycles. The number of benzene rings is 6. The van der Waals surface area contributed by atoms with Gasteiger partial charge in [-0.1, -0.05) is 121 Å². The van der Waals surface area contributed by atoms with Gasteiger partial charge in [0.1, 0.15) is 0 Å². The van der Waals surface area contributed by atoms with Crippen LogP contribution in [0.15, 0.2) is 170 Å². The lowest BCUT2D eigenvalue weighted by Gasteiger charge is -2.36. The summed E-state index contributed by atoms with van der Waals surface area (Å²) in [6, 6.07) is 56.8. The zero-order valence-corrected chi connectivity index (χ0v) is 33.0. The highest BCUT2D eigenvalue weighted by Crippen LogP contribution is 2.58. The van der Waals surface area contributed by atoms with Crippen LogP contribution >= 0.6 is 23.1 Å². The van der Waals surface area contributed by atoms with Crippen molar-refractivity contribution >= 4 is 66.9 Å². The van der Waals surface area contributed by atoms with Crippen molar-refractivity contribution < 1.29 is 23.6 Å². The van der Waals surface area contributed by atoms with Crippen molar-refractivity contribution in [3.05, 3.63) is 181 Å². The third-order valence-corrected chi connectivity index (χ3v) is 18.6. The molecule has 0 spiro atoms. The number of hydrogen-bond donors (Lipinski definition) is 0. The van der Waals surface area contributed by atoms with Gasteiger partial charge in [0.05, 0.1) is 25.3 Å². The molecule has 0 unspecified atom stereocenters. The molecule has 0 amide bonds. The predicted octanol–water partition coefficient (Wildman–Crippen LogP) is 7.20. The Hall–Kier alpha value is -4.69. The van der Waals surface area contributed by atoms with Crippen LogP contribution in [0.3, 0.4) is 0 Å². The van der Waals surface area contributed by atoms with Gasteiger partial charge in [-0.15, -0.1) is 0 Å². The first-order chi connectivity index (χ1) is 26.4. The third-order valence-electron chi connectivity index (χ3n) is 9.96. The van der Waals surface area contributed by atoms with Crippen LogP contribution in [0.1, 0.15) is 27.1 Å². The number of rotatable bonds is 12. The van der Waals surface area contributed by atoms with Gasteiger partial charge < -0.3 is 9.47 Å². The molecule has 7 rings (SSSR count). The third kappa shape index (κ3) is 7.90. The molecule has 1 saturated heterocycles. The largest absolute Gasteiger partial charge is 0.465 e. The highest BCUT2D eigenvalue weighted by atomic mass is 31.2. The Morgan fingerprint density at radius 3 is 1.31 bits per heavy atom. The monoisotopic (exact) mass is 769 g/mol. The van der Waals surface area contributed by atoms with Crippen LogP contribution in [-0.2, 0) is 14.0 Å². The second-order valence-corrected chi connectivity index (χ2v) is 20.6. The molecule has 0 N–H and O–H groups in total. The number of carbonyl (C=O) groups excluding carboxylic acids is 2. The first-order valence-corrected chi connectivity index (χ1v) is 22.5. The topological polar surface area (TPSA) is 72.9 Å². The number of nitrogens with zero attached hydrogens (tertiary/aromatic N) is 1. The fourth-order valence-corrected chi connectivity index (χ4v) is 16.2. The van der Waals surface area contributed by atoms with Crippen molar-refractivity contribution in [1.82, 2.24) is 4.67 Å². The van der Waals surface area contributed by atoms with Crippen molar-refractivity contribution in [2.75, 3.05) is 26.9 Å². The zero-order valence-electron chi connectivity index (χ0n) is 30.3. The van der Waals surface area contributed by atoms with Crippen molar-refractivity contribution in [3.63, 3.8) is 0 Å². The van der Waals surface area contributed by atoms with Crippen LogP contribution < -0.4 is 31.8 Å². The van der Waals surface area contributed by atoms with Gasteiger partial charge in [-0.25, -0.2) is 14.3 Å². The molecule has 54 heavy (non-hydrogen) atoms. The molecule has 0 aromatic heterocycles. The van der Waals surface area contributed by atoms with Crippen molar-refractivity contribution in [3.8, 4) is 0 Å². The van der Waals surface area contributed by atoms with Crippen LogP contribution in [0.2, 0.25) is 0 Å². The van der Waals surface area contributed by atoms with Crippen LogP contribution in [-0.4, -0.2) is 55.2 Å². The Balaban J connectivity index is 1.40. The van der Waals surface area contributed by atoms with Crippen LogP contribution in [0.4, 0.5) is 0 Å². The second-order valence-electron chi connectivity index (χ2n) is 13.1. The van der Waals surface area contributed by atoms with E-state index in [2.05, 4.69) is 126 Å². The molecule has 0 bridgehead atoms. The van der Waals surface area contributed by atoms with E-state index in [0.717, 1.165) is 12.6 Å². The number of esters is 2. The maximum absolute atomic E-state index is 16.5. The summed E-state index contributed by atoms with van der Waals surface area (Å²) in [7, 11) is -2.55. The average molecular weight is 770 g/mol. The number of ether oxygens (including phenoxy) is 2. The van der Waals surface area contributed by atoms with E-state index in [0.29, 0.717) is 28.3 Å². The molecule has 1 fully saturated rings. The first-order valence-electron chi connectivity index (χ1n) is 17.9. The highest BCUT2D eigenvalue weighted by Gasteiger charge is 2.48. The van der Waals surface area contributed by atoms with Gasteiger partial charge in [0.25, 0.3) is 0 Å². The normalized spacial score (nSPS) is 16.0. The van der Waals surface area contributed by atoms with E-state index >= 15 is 4.57 Å². The molecule has 2 atom stereocenters. The number of hydrogen-bond acceptors (Lipinski definition) is 5. The minimum absolute atomic E-state index is 0.0645. The molecule has 272 valence electrons. The van der Waals surface area contributed by atoms with Gasteiger partial charge in [0, 0.05) is 28.9 Å². The molecule has 6 aromatic rings. The Morgan fingerprint density at radius 2 is 0.944 bits per heavy atom. The summed E-state index contributed by atoms with van der Waals surface area (Å²) in [6.45, 7) is 0.599. The summed E-state index contributed by atoms with van der Waals surface area (Å²) >= 11 is 0. The lowest BCUT2D eigenvalue weighted by Crippen LogP contribution is -2.38. The van der Waals surface area contributed by atoms with E-state index in [1.165, 1.54) is 35.4 Å². The average Bonchev–Trinajstić information content (AvgIpc) is 3.67. The lowest BCUT2D eigenvalue weighted by molar-refractivity contribution is 0.0592. The fraction of sp³-hybridized carbons (Fsp3) is 0.156. The van der Waals surface area contributed by atoms with Crippen molar-refractivity contribution in [2.24, 2.45) is 0 Å². The molecule has 0 radical (unpaired) electrons.